The van der Waals surface area contributed by atoms with Crippen molar-refractivity contribution in [3.63, 3.8) is 0 Å². The van der Waals surface area contributed by atoms with Crippen LogP contribution in [0.2, 0.25) is 0 Å². The second-order valence-electron chi connectivity index (χ2n) is 17.4. The van der Waals surface area contributed by atoms with E-state index in [4.69, 9.17) is 15.5 Å². The predicted molar refractivity (Wildman–Crippen MR) is 226 cm³/mol. The number of amidine groups is 1. The first-order chi connectivity index (χ1) is 27.9. The number of aliphatic hydroxyl groups is 2. The van der Waals surface area contributed by atoms with Gasteiger partial charge in [-0.05, 0) is 57.9 Å². The molecular formula is C42H67N7O9S. The maximum absolute atomic E-state index is 14.2. The van der Waals surface area contributed by atoms with E-state index in [2.05, 4.69) is 20.3 Å². The first-order valence-corrected chi connectivity index (χ1v) is 22.9. The van der Waals surface area contributed by atoms with Crippen molar-refractivity contribution in [2.24, 2.45) is 21.6 Å². The van der Waals surface area contributed by atoms with Crippen LogP contribution in [-0.2, 0) is 35.6 Å². The summed E-state index contributed by atoms with van der Waals surface area (Å²) in [6.45, 7) is 7.64. The number of hydrogen-bond donors (Lipinski definition) is 6. The van der Waals surface area contributed by atoms with Crippen LogP contribution in [0.1, 0.15) is 117 Å². The van der Waals surface area contributed by atoms with E-state index in [0.717, 1.165) is 37.7 Å². The van der Waals surface area contributed by atoms with E-state index in [-0.39, 0.29) is 55.8 Å². The topological polar surface area (TPSA) is 242 Å². The summed E-state index contributed by atoms with van der Waals surface area (Å²) in [5, 5.41) is 27.8. The number of sulfonamides is 1. The van der Waals surface area contributed by atoms with Crippen molar-refractivity contribution in [2.45, 2.75) is 159 Å². The normalized spacial score (nSPS) is 21.3. The fourth-order valence-corrected chi connectivity index (χ4v) is 9.05. The number of carbonyl (C=O) groups excluding carboxylic acids is 4. The van der Waals surface area contributed by atoms with Crippen LogP contribution in [-0.4, -0.2) is 126 Å². The number of nitrogens with zero attached hydrogens (tertiary/aromatic N) is 3. The minimum Gasteiger partial charge on any atom is -0.444 e. The molecule has 0 bridgehead atoms. The number of aliphatic hydroxyl groups excluding tert-OH is 2. The molecule has 1 saturated heterocycles. The standard InChI is InChI=1S/C42H67N7O9S/c1-5-22-59(56,57)45-27-32(50)25-35(51)34(23-29-12-8-6-9-13-29)47-39(54)33(43)26-42(28-44-37(48-42)24-30-14-10-7-11-15-30)36(52)16-17-38(53)49-20-18-31(19-21-49)46-40(55)58-41(2,3)4/h7,10-11,14-15,28-29,31-35,45,50-51H,5-6,8-9,12-13,16-27,43H2,1-4H3,(H,46,55)(H,47,54)/t32-,33?,34+,35+,42?/m1/s1. The van der Waals surface area contributed by atoms with Crippen molar-refractivity contribution in [3.05, 3.63) is 35.9 Å². The molecule has 0 radical (unpaired) electrons. The van der Waals surface area contributed by atoms with E-state index in [0.29, 0.717) is 51.0 Å². The summed E-state index contributed by atoms with van der Waals surface area (Å²) in [7, 11) is -3.57. The Morgan fingerprint density at radius 2 is 1.69 bits per heavy atom. The fraction of sp³-hybridized carbons (Fsp3) is 0.714. The maximum Gasteiger partial charge on any atom is 0.407 e. The molecule has 59 heavy (non-hydrogen) atoms. The number of alkyl carbamates (subject to hydrolysis) is 1. The highest BCUT2D eigenvalue weighted by Gasteiger charge is 2.43. The van der Waals surface area contributed by atoms with Gasteiger partial charge in [0.25, 0.3) is 0 Å². The first-order valence-electron chi connectivity index (χ1n) is 21.2. The van der Waals surface area contributed by atoms with Crippen LogP contribution in [0.5, 0.6) is 0 Å². The van der Waals surface area contributed by atoms with Gasteiger partial charge in [-0.1, -0.05) is 69.4 Å². The van der Waals surface area contributed by atoms with Crippen molar-refractivity contribution in [1.82, 2.24) is 20.3 Å². The third-order valence-corrected chi connectivity index (χ3v) is 12.6. The molecule has 330 valence electrons. The summed E-state index contributed by atoms with van der Waals surface area (Å²) in [5.41, 5.74) is 5.26. The average molecular weight is 846 g/mol. The summed E-state index contributed by atoms with van der Waals surface area (Å²) in [6, 6.07) is 7.30. The summed E-state index contributed by atoms with van der Waals surface area (Å²) in [4.78, 5) is 64.5. The lowest BCUT2D eigenvalue weighted by Crippen LogP contribution is -2.54. The van der Waals surface area contributed by atoms with Gasteiger partial charge in [-0.15, -0.1) is 0 Å². The molecule has 2 fully saturated rings. The molecule has 1 aromatic carbocycles. The van der Waals surface area contributed by atoms with Gasteiger partial charge in [0.15, 0.2) is 11.3 Å². The number of ketones is 1. The number of amides is 3. The van der Waals surface area contributed by atoms with Crippen LogP contribution < -0.4 is 21.1 Å². The molecule has 0 aromatic heterocycles. The summed E-state index contributed by atoms with van der Waals surface area (Å²) in [5.74, 6) is -0.709. The Kier molecular flexibility index (Phi) is 18.0. The zero-order valence-corrected chi connectivity index (χ0v) is 36.1. The van der Waals surface area contributed by atoms with Gasteiger partial charge in [0.1, 0.15) is 11.4 Å². The Bertz CT molecular complexity index is 1720. The lowest BCUT2D eigenvalue weighted by atomic mass is 9.82. The number of aliphatic imine (C=N–C) groups is 2. The van der Waals surface area contributed by atoms with E-state index >= 15 is 0 Å². The van der Waals surface area contributed by atoms with Crippen LogP contribution in [0, 0.1) is 5.92 Å². The van der Waals surface area contributed by atoms with E-state index in [1.54, 1.807) is 32.6 Å². The highest BCUT2D eigenvalue weighted by atomic mass is 32.2. The number of Topliss-reactive ketones (excluding diaryl/α,β-unsaturated/α-hetero) is 1. The smallest absolute Gasteiger partial charge is 0.407 e. The first kappa shape index (κ1) is 47.9. The average Bonchev–Trinajstić information content (AvgIpc) is 3.58. The number of benzene rings is 1. The predicted octanol–water partition coefficient (Wildman–Crippen LogP) is 2.93. The number of carbonyl (C=O) groups is 4. The fourth-order valence-electron chi connectivity index (χ4n) is 7.92. The molecular weight excluding hydrogens is 779 g/mol. The molecule has 2 unspecified atom stereocenters. The molecule has 3 aliphatic rings. The number of piperidine rings is 1. The highest BCUT2D eigenvalue weighted by Crippen LogP contribution is 2.30. The second-order valence-corrected chi connectivity index (χ2v) is 19.3. The van der Waals surface area contributed by atoms with E-state index in [1.165, 1.54) is 6.21 Å². The van der Waals surface area contributed by atoms with Crippen LogP contribution in [0.4, 0.5) is 4.79 Å². The summed E-state index contributed by atoms with van der Waals surface area (Å²) < 4.78 is 32.0. The molecule has 3 amide bonds. The van der Waals surface area contributed by atoms with Gasteiger partial charge in [-0.2, -0.15) is 0 Å². The molecule has 16 nitrogen and oxygen atoms in total. The molecule has 0 spiro atoms. The largest absolute Gasteiger partial charge is 0.444 e. The SMILES string of the molecule is CCCS(=O)(=O)NC[C@H](O)C[C@H](O)[C@H](CC1CCCCC1)NC(=O)C(N)CC1(C(=O)CCC(=O)N2CCC(NC(=O)OC(C)(C)C)CC2)C=NC(Cc2ccccc2)=N1. The third kappa shape index (κ3) is 16.0. The van der Waals surface area contributed by atoms with Crippen molar-refractivity contribution < 1.29 is 42.5 Å². The van der Waals surface area contributed by atoms with Crippen molar-refractivity contribution >= 4 is 45.8 Å². The quantitative estimate of drug-likeness (QED) is 0.106. The number of likely N-dealkylation sites (tertiary alicyclic amines) is 1. The van der Waals surface area contributed by atoms with Gasteiger partial charge in [0.2, 0.25) is 21.8 Å². The van der Waals surface area contributed by atoms with Crippen molar-refractivity contribution in [1.29, 1.82) is 0 Å². The Labute approximate surface area is 349 Å². The Morgan fingerprint density at radius 3 is 2.34 bits per heavy atom. The molecule has 7 N–H and O–H groups in total. The van der Waals surface area contributed by atoms with Crippen LogP contribution in [0.25, 0.3) is 0 Å². The third-order valence-electron chi connectivity index (χ3n) is 11.1. The number of nitrogens with one attached hydrogen (secondary N) is 3. The van der Waals surface area contributed by atoms with Gasteiger partial charge in [-0.3, -0.25) is 14.4 Å². The minimum atomic E-state index is -3.57. The van der Waals surface area contributed by atoms with Gasteiger partial charge in [0.05, 0.1) is 30.0 Å². The second kappa shape index (κ2) is 22.2. The molecule has 2 aliphatic heterocycles. The van der Waals surface area contributed by atoms with Gasteiger partial charge in [-0.25, -0.2) is 27.9 Å². The zero-order chi connectivity index (χ0) is 43.2. The zero-order valence-electron chi connectivity index (χ0n) is 35.2. The minimum absolute atomic E-state index is 0.0845. The van der Waals surface area contributed by atoms with Gasteiger partial charge in [0, 0.05) is 64.0 Å². The monoisotopic (exact) mass is 845 g/mol. The van der Waals surface area contributed by atoms with Crippen LogP contribution in [0.15, 0.2) is 40.3 Å². The van der Waals surface area contributed by atoms with Crippen LogP contribution in [0.3, 0.4) is 0 Å². The molecule has 4 rings (SSSR count). The Balaban J connectivity index is 1.43. The Hall–Kier alpha value is -3.77. The number of rotatable bonds is 21. The van der Waals surface area contributed by atoms with Crippen molar-refractivity contribution in [3.8, 4) is 0 Å². The highest BCUT2D eigenvalue weighted by molar-refractivity contribution is 7.89. The van der Waals surface area contributed by atoms with E-state index in [9.17, 15) is 37.8 Å². The molecule has 1 aliphatic carbocycles. The van der Waals surface area contributed by atoms with Crippen LogP contribution >= 0.6 is 0 Å². The summed E-state index contributed by atoms with van der Waals surface area (Å²) in [6.07, 6.45) is 5.14. The summed E-state index contributed by atoms with van der Waals surface area (Å²) >= 11 is 0. The lowest BCUT2D eigenvalue weighted by molar-refractivity contribution is -0.135. The molecule has 2 heterocycles. The number of ether oxygens (including phenoxy) is 1. The number of nitrogens with two attached hydrogens (primary N) is 1. The van der Waals surface area contributed by atoms with Crippen molar-refractivity contribution in [2.75, 3.05) is 25.4 Å². The molecule has 5 atom stereocenters. The van der Waals surface area contributed by atoms with Gasteiger partial charge < -0.3 is 36.2 Å². The molecule has 17 heteroatoms. The molecule has 1 aromatic rings. The lowest BCUT2D eigenvalue weighted by Gasteiger charge is -2.33. The Morgan fingerprint density at radius 1 is 1.02 bits per heavy atom. The molecule has 1 saturated carbocycles. The van der Waals surface area contributed by atoms with E-state index < -0.39 is 63.2 Å². The van der Waals surface area contributed by atoms with E-state index in [1.807, 2.05) is 30.3 Å². The maximum atomic E-state index is 14.2. The van der Waals surface area contributed by atoms with Gasteiger partial charge >= 0.3 is 6.09 Å². The number of hydrogen-bond acceptors (Lipinski definition) is 12.